The summed E-state index contributed by atoms with van der Waals surface area (Å²) < 4.78 is 20.5. The van der Waals surface area contributed by atoms with Crippen LogP contribution in [-0.4, -0.2) is 45.5 Å². The minimum absolute atomic E-state index is 0.0906. The van der Waals surface area contributed by atoms with Gasteiger partial charge < -0.3 is 24.1 Å². The third kappa shape index (κ3) is 3.39. The second-order valence-electron chi connectivity index (χ2n) is 6.58. The van der Waals surface area contributed by atoms with E-state index < -0.39 is 11.9 Å². The summed E-state index contributed by atoms with van der Waals surface area (Å²) in [5, 5.41) is 11.8. The summed E-state index contributed by atoms with van der Waals surface area (Å²) in [7, 11) is 5.41. The van der Waals surface area contributed by atoms with E-state index in [4.69, 9.17) is 18.9 Å². The van der Waals surface area contributed by atoms with Crippen molar-refractivity contribution in [3.05, 3.63) is 53.1 Å². The number of fused-ring (bicyclic) bond motifs is 1. The number of rotatable bonds is 5. The highest BCUT2D eigenvalue weighted by atomic mass is 16.5. The van der Waals surface area contributed by atoms with E-state index in [0.29, 0.717) is 33.4 Å². The van der Waals surface area contributed by atoms with Crippen molar-refractivity contribution in [2.75, 3.05) is 28.4 Å². The fourth-order valence-electron chi connectivity index (χ4n) is 3.48. The molecule has 0 saturated carbocycles. The molecule has 0 heterocycles. The molecule has 0 fully saturated rings. The number of aromatic hydroxyl groups is 1. The molecule has 30 heavy (non-hydrogen) atoms. The minimum Gasteiger partial charge on any atom is -0.506 e. The fraction of sp³-hybridized carbons (Fsp3) is 0.217. The standard InChI is InChI=1S/C23H22O7/c1-12-6-8-14-15(10-12)18(13-7-9-16(27-2)17(11-13)28-3)19(22(25)29-4)20(21(14)24)23(26)30-5/h6-11,24H,1-5H3. The zero-order valence-corrected chi connectivity index (χ0v) is 17.4. The lowest BCUT2D eigenvalue weighted by atomic mass is 9.87. The van der Waals surface area contributed by atoms with Crippen molar-refractivity contribution < 1.29 is 33.6 Å². The number of esters is 2. The first-order valence-electron chi connectivity index (χ1n) is 9.06. The lowest BCUT2D eigenvalue weighted by molar-refractivity contribution is 0.0553. The maximum absolute atomic E-state index is 12.8. The van der Waals surface area contributed by atoms with Crippen LogP contribution in [0.15, 0.2) is 36.4 Å². The van der Waals surface area contributed by atoms with Gasteiger partial charge in [0.1, 0.15) is 11.3 Å². The Bertz CT molecular complexity index is 1150. The molecule has 0 aromatic heterocycles. The van der Waals surface area contributed by atoms with Crippen LogP contribution >= 0.6 is 0 Å². The van der Waals surface area contributed by atoms with Gasteiger partial charge in [-0.15, -0.1) is 0 Å². The Morgan fingerprint density at radius 1 is 0.767 bits per heavy atom. The molecule has 156 valence electrons. The molecule has 7 nitrogen and oxygen atoms in total. The highest BCUT2D eigenvalue weighted by Gasteiger charge is 2.30. The lowest BCUT2D eigenvalue weighted by Gasteiger charge is -2.19. The second-order valence-corrected chi connectivity index (χ2v) is 6.58. The van der Waals surface area contributed by atoms with Crippen LogP contribution in [0.1, 0.15) is 26.3 Å². The molecule has 0 aliphatic heterocycles. The van der Waals surface area contributed by atoms with Gasteiger partial charge in [-0.3, -0.25) is 0 Å². The topological polar surface area (TPSA) is 91.3 Å². The van der Waals surface area contributed by atoms with E-state index in [2.05, 4.69) is 0 Å². The van der Waals surface area contributed by atoms with E-state index >= 15 is 0 Å². The Balaban J connectivity index is 2.56. The third-order valence-corrected chi connectivity index (χ3v) is 4.89. The number of carbonyl (C=O) groups excluding carboxylic acids is 2. The number of hydrogen-bond donors (Lipinski definition) is 1. The molecular weight excluding hydrogens is 388 g/mol. The third-order valence-electron chi connectivity index (χ3n) is 4.89. The first-order chi connectivity index (χ1) is 14.4. The van der Waals surface area contributed by atoms with Gasteiger partial charge in [-0.2, -0.15) is 0 Å². The Labute approximate surface area is 173 Å². The first-order valence-corrected chi connectivity index (χ1v) is 9.06. The Morgan fingerprint density at radius 3 is 2.00 bits per heavy atom. The van der Waals surface area contributed by atoms with E-state index in [-0.39, 0.29) is 16.9 Å². The van der Waals surface area contributed by atoms with Gasteiger partial charge in [-0.25, -0.2) is 9.59 Å². The SMILES string of the molecule is COC(=O)c1c(C(=O)OC)c(-c2ccc(OC)c(OC)c2)c2cc(C)ccc2c1O. The molecule has 3 aromatic rings. The van der Waals surface area contributed by atoms with Crippen LogP contribution in [0.3, 0.4) is 0 Å². The van der Waals surface area contributed by atoms with Crippen LogP contribution in [0.4, 0.5) is 0 Å². The van der Waals surface area contributed by atoms with Crippen LogP contribution in [0.2, 0.25) is 0 Å². The highest BCUT2D eigenvalue weighted by molar-refractivity contribution is 6.18. The van der Waals surface area contributed by atoms with Crippen molar-refractivity contribution in [1.29, 1.82) is 0 Å². The van der Waals surface area contributed by atoms with Crippen LogP contribution in [0.5, 0.6) is 17.2 Å². The van der Waals surface area contributed by atoms with Crippen molar-refractivity contribution in [2.24, 2.45) is 0 Å². The molecule has 0 saturated heterocycles. The van der Waals surface area contributed by atoms with Crippen LogP contribution in [0, 0.1) is 6.92 Å². The van der Waals surface area contributed by atoms with E-state index in [0.717, 1.165) is 5.56 Å². The van der Waals surface area contributed by atoms with E-state index in [1.807, 2.05) is 13.0 Å². The molecule has 3 aromatic carbocycles. The maximum Gasteiger partial charge on any atom is 0.342 e. The molecule has 0 unspecified atom stereocenters. The Morgan fingerprint density at radius 2 is 1.40 bits per heavy atom. The summed E-state index contributed by atoms with van der Waals surface area (Å²) in [5.74, 6) is -1.02. The fourth-order valence-corrected chi connectivity index (χ4v) is 3.48. The zero-order chi connectivity index (χ0) is 22.0. The molecular formula is C23H22O7. The van der Waals surface area contributed by atoms with Crippen LogP contribution < -0.4 is 9.47 Å². The number of methoxy groups -OCH3 is 4. The van der Waals surface area contributed by atoms with E-state index in [1.165, 1.54) is 28.4 Å². The predicted octanol–water partition coefficient (Wildman–Crippen LogP) is 4.11. The molecule has 0 bridgehead atoms. The van der Waals surface area contributed by atoms with Gasteiger partial charge in [0, 0.05) is 10.9 Å². The molecule has 3 rings (SSSR count). The Hall–Kier alpha value is -3.74. The summed E-state index contributed by atoms with van der Waals surface area (Å²) in [5.41, 5.74) is 1.55. The average molecular weight is 410 g/mol. The summed E-state index contributed by atoms with van der Waals surface area (Å²) in [6.07, 6.45) is 0. The number of benzene rings is 3. The number of aryl methyl sites for hydroxylation is 1. The molecule has 7 heteroatoms. The Kier molecular flexibility index (Phi) is 5.82. The zero-order valence-electron chi connectivity index (χ0n) is 17.4. The van der Waals surface area contributed by atoms with Gasteiger partial charge in [0.2, 0.25) is 0 Å². The van der Waals surface area contributed by atoms with Crippen molar-refractivity contribution in [3.8, 4) is 28.4 Å². The monoisotopic (exact) mass is 410 g/mol. The number of ether oxygens (including phenoxy) is 4. The molecule has 0 atom stereocenters. The largest absolute Gasteiger partial charge is 0.506 e. The molecule has 0 radical (unpaired) electrons. The van der Waals surface area contributed by atoms with Crippen molar-refractivity contribution >= 4 is 22.7 Å². The molecule has 1 N–H and O–H groups in total. The summed E-state index contributed by atoms with van der Waals surface area (Å²) >= 11 is 0. The molecule has 0 spiro atoms. The number of hydrogen-bond acceptors (Lipinski definition) is 7. The first kappa shape index (κ1) is 21.0. The minimum atomic E-state index is -0.850. The number of phenolic OH excluding ortho intramolecular Hbond substituents is 1. The predicted molar refractivity (Wildman–Crippen MR) is 112 cm³/mol. The van der Waals surface area contributed by atoms with Gasteiger partial charge in [-0.1, -0.05) is 29.8 Å². The molecule has 0 aliphatic carbocycles. The van der Waals surface area contributed by atoms with Crippen molar-refractivity contribution in [1.82, 2.24) is 0 Å². The maximum atomic E-state index is 12.8. The summed E-state index contributed by atoms with van der Waals surface area (Å²) in [6, 6.07) is 10.5. The normalized spacial score (nSPS) is 10.6. The van der Waals surface area contributed by atoms with Gasteiger partial charge >= 0.3 is 11.9 Å². The molecule has 0 amide bonds. The second kappa shape index (κ2) is 8.32. The summed E-state index contributed by atoms with van der Waals surface area (Å²) in [6.45, 7) is 1.89. The average Bonchev–Trinajstić information content (AvgIpc) is 2.77. The smallest absolute Gasteiger partial charge is 0.342 e. The number of phenols is 1. The van der Waals surface area contributed by atoms with Gasteiger partial charge in [0.15, 0.2) is 11.5 Å². The van der Waals surface area contributed by atoms with Gasteiger partial charge in [-0.05, 0) is 30.0 Å². The van der Waals surface area contributed by atoms with Gasteiger partial charge in [0.25, 0.3) is 0 Å². The van der Waals surface area contributed by atoms with Crippen molar-refractivity contribution in [2.45, 2.75) is 6.92 Å². The van der Waals surface area contributed by atoms with Crippen LogP contribution in [-0.2, 0) is 9.47 Å². The van der Waals surface area contributed by atoms with Gasteiger partial charge in [0.05, 0.1) is 34.0 Å². The van der Waals surface area contributed by atoms with Crippen LogP contribution in [0.25, 0.3) is 21.9 Å². The van der Waals surface area contributed by atoms with Crippen molar-refractivity contribution in [3.63, 3.8) is 0 Å². The van der Waals surface area contributed by atoms with E-state index in [1.54, 1.807) is 30.3 Å². The highest BCUT2D eigenvalue weighted by Crippen LogP contribution is 2.43. The number of carbonyl (C=O) groups is 2. The molecule has 0 aliphatic rings. The lowest BCUT2D eigenvalue weighted by Crippen LogP contribution is -2.14. The van der Waals surface area contributed by atoms with E-state index in [9.17, 15) is 14.7 Å². The quantitative estimate of drug-likeness (QED) is 0.633. The summed E-state index contributed by atoms with van der Waals surface area (Å²) in [4.78, 5) is 25.4.